The number of hydrogen-bond donors (Lipinski definition) is 1. The molecule has 0 aliphatic carbocycles. The van der Waals surface area contributed by atoms with E-state index in [1.807, 2.05) is 0 Å². The van der Waals surface area contributed by atoms with Crippen LogP contribution >= 0.6 is 0 Å². The van der Waals surface area contributed by atoms with Gasteiger partial charge in [-0.2, -0.15) is 0 Å². The van der Waals surface area contributed by atoms with Gasteiger partial charge in [0.1, 0.15) is 6.61 Å². The molecule has 4 nitrogen and oxygen atoms in total. The van der Waals surface area contributed by atoms with Gasteiger partial charge in [0.2, 0.25) is 0 Å². The second kappa shape index (κ2) is 11.2. The van der Waals surface area contributed by atoms with Crippen molar-refractivity contribution in [1.29, 1.82) is 0 Å². The lowest BCUT2D eigenvalue weighted by Gasteiger charge is -2.16. The number of rotatable bonds is 11. The molecule has 0 saturated heterocycles. The summed E-state index contributed by atoms with van der Waals surface area (Å²) in [5.41, 5.74) is 5.66. The molecule has 114 valence electrons. The first-order chi connectivity index (χ1) is 8.95. The maximum atomic E-state index is 11.6. The van der Waals surface area contributed by atoms with E-state index in [0.717, 1.165) is 19.4 Å². The second-order valence-electron chi connectivity index (χ2n) is 5.95. The zero-order chi connectivity index (χ0) is 14.7. The highest BCUT2D eigenvalue weighted by Gasteiger charge is 2.14. The van der Waals surface area contributed by atoms with Crippen LogP contribution in [0.3, 0.4) is 0 Å². The van der Waals surface area contributed by atoms with Crippen molar-refractivity contribution in [3.8, 4) is 0 Å². The van der Waals surface area contributed by atoms with E-state index in [9.17, 15) is 4.79 Å². The topological polar surface area (TPSA) is 61.5 Å². The van der Waals surface area contributed by atoms with Crippen molar-refractivity contribution in [2.75, 3.05) is 26.4 Å². The lowest BCUT2D eigenvalue weighted by Crippen LogP contribution is -2.22. The summed E-state index contributed by atoms with van der Waals surface area (Å²) in [5.74, 6) is 1.27. The Balaban J connectivity index is 3.57. The molecule has 0 fully saturated rings. The Morgan fingerprint density at radius 2 is 1.74 bits per heavy atom. The Bertz CT molecular complexity index is 229. The van der Waals surface area contributed by atoms with Crippen molar-refractivity contribution in [3.05, 3.63) is 0 Å². The third-order valence-corrected chi connectivity index (χ3v) is 2.92. The molecule has 0 rings (SSSR count). The zero-order valence-corrected chi connectivity index (χ0v) is 13.0. The van der Waals surface area contributed by atoms with E-state index in [0.29, 0.717) is 38.0 Å². The van der Waals surface area contributed by atoms with E-state index >= 15 is 0 Å². The Morgan fingerprint density at radius 1 is 1.05 bits per heavy atom. The van der Waals surface area contributed by atoms with Crippen LogP contribution in [-0.4, -0.2) is 32.3 Å². The fourth-order valence-electron chi connectivity index (χ4n) is 1.86. The van der Waals surface area contributed by atoms with Gasteiger partial charge in [-0.1, -0.05) is 27.7 Å². The van der Waals surface area contributed by atoms with E-state index in [4.69, 9.17) is 15.2 Å². The van der Waals surface area contributed by atoms with E-state index in [1.165, 1.54) is 0 Å². The molecule has 0 aliphatic heterocycles. The first-order valence-corrected chi connectivity index (χ1v) is 7.39. The summed E-state index contributed by atoms with van der Waals surface area (Å²) < 4.78 is 10.5. The number of esters is 1. The van der Waals surface area contributed by atoms with E-state index in [2.05, 4.69) is 27.7 Å². The molecule has 0 unspecified atom stereocenters. The second-order valence-corrected chi connectivity index (χ2v) is 5.95. The first kappa shape index (κ1) is 18.4. The average Bonchev–Trinajstić information content (AvgIpc) is 2.31. The van der Waals surface area contributed by atoms with Gasteiger partial charge in [-0.15, -0.1) is 0 Å². The molecule has 0 saturated carbocycles. The molecule has 2 N–H and O–H groups in total. The van der Waals surface area contributed by atoms with Gasteiger partial charge < -0.3 is 15.2 Å². The van der Waals surface area contributed by atoms with Crippen molar-refractivity contribution < 1.29 is 14.3 Å². The summed E-state index contributed by atoms with van der Waals surface area (Å²) in [6, 6.07) is 0. The van der Waals surface area contributed by atoms with Gasteiger partial charge in [0.25, 0.3) is 0 Å². The lowest BCUT2D eigenvalue weighted by molar-refractivity contribution is -0.146. The van der Waals surface area contributed by atoms with Crippen molar-refractivity contribution in [3.63, 3.8) is 0 Å². The predicted molar refractivity (Wildman–Crippen MR) is 77.8 cm³/mol. The minimum atomic E-state index is -0.163. The minimum absolute atomic E-state index is 0.163. The molecule has 0 spiro atoms. The summed E-state index contributed by atoms with van der Waals surface area (Å²) in [5, 5.41) is 0. The Labute approximate surface area is 118 Å². The maximum absolute atomic E-state index is 11.6. The molecular weight excluding hydrogens is 242 g/mol. The average molecular weight is 273 g/mol. The largest absolute Gasteiger partial charge is 0.463 e. The highest BCUT2D eigenvalue weighted by Crippen LogP contribution is 2.14. The summed E-state index contributed by atoms with van der Waals surface area (Å²) in [4.78, 5) is 11.6. The van der Waals surface area contributed by atoms with E-state index in [-0.39, 0.29) is 11.9 Å². The molecule has 0 aromatic rings. The lowest BCUT2D eigenvalue weighted by atomic mass is 9.94. The van der Waals surface area contributed by atoms with Crippen LogP contribution in [0.4, 0.5) is 0 Å². The third kappa shape index (κ3) is 12.2. The van der Waals surface area contributed by atoms with Crippen molar-refractivity contribution in [2.24, 2.45) is 23.5 Å². The molecule has 0 bridgehead atoms. The van der Waals surface area contributed by atoms with Gasteiger partial charge in [0, 0.05) is 13.0 Å². The molecule has 4 heteroatoms. The Morgan fingerprint density at radius 3 is 2.26 bits per heavy atom. The highest BCUT2D eigenvalue weighted by atomic mass is 16.6. The van der Waals surface area contributed by atoms with Gasteiger partial charge in [-0.3, -0.25) is 4.79 Å². The van der Waals surface area contributed by atoms with Crippen molar-refractivity contribution in [1.82, 2.24) is 0 Å². The van der Waals surface area contributed by atoms with Gasteiger partial charge in [-0.25, -0.2) is 0 Å². The molecule has 0 aliphatic rings. The quantitative estimate of drug-likeness (QED) is 0.464. The number of carbonyl (C=O) groups excluding carboxylic acids is 1. The third-order valence-electron chi connectivity index (χ3n) is 2.92. The molecule has 0 radical (unpaired) electrons. The monoisotopic (exact) mass is 273 g/mol. The number of nitrogens with two attached hydrogens (primary N) is 1. The molecule has 0 aromatic carbocycles. The van der Waals surface area contributed by atoms with Gasteiger partial charge in [0.15, 0.2) is 0 Å². The normalized spacial score (nSPS) is 13.0. The molecule has 1 atom stereocenters. The molecule has 19 heavy (non-hydrogen) atoms. The van der Waals surface area contributed by atoms with Crippen molar-refractivity contribution >= 4 is 5.97 Å². The number of ether oxygens (including phenoxy) is 2. The standard InChI is InChI=1S/C15H31NO3/c1-12(2)5-6-18-7-8-19-15(17)10-14(11-16)9-13(3)4/h12-14H,5-11,16H2,1-4H3/t14-/m0/s1. The molecule has 0 aromatic heterocycles. The first-order valence-electron chi connectivity index (χ1n) is 7.39. The van der Waals surface area contributed by atoms with Crippen LogP contribution < -0.4 is 5.73 Å². The fraction of sp³-hybridized carbons (Fsp3) is 0.933. The number of carbonyl (C=O) groups is 1. The van der Waals surface area contributed by atoms with Crippen LogP contribution in [0.1, 0.15) is 47.0 Å². The van der Waals surface area contributed by atoms with Crippen LogP contribution in [0.5, 0.6) is 0 Å². The van der Waals surface area contributed by atoms with Gasteiger partial charge in [0.05, 0.1) is 6.61 Å². The minimum Gasteiger partial charge on any atom is -0.463 e. The van der Waals surface area contributed by atoms with Crippen LogP contribution in [0.2, 0.25) is 0 Å². The van der Waals surface area contributed by atoms with Crippen LogP contribution in [0.25, 0.3) is 0 Å². The summed E-state index contributed by atoms with van der Waals surface area (Å²) >= 11 is 0. The van der Waals surface area contributed by atoms with Gasteiger partial charge >= 0.3 is 5.97 Å². The van der Waals surface area contributed by atoms with E-state index < -0.39 is 0 Å². The molecular formula is C15H31NO3. The SMILES string of the molecule is CC(C)CCOCCOC(=O)C[C@@H](CN)CC(C)C. The predicted octanol–water partition coefficient (Wildman–Crippen LogP) is 2.60. The molecule has 0 heterocycles. The number of hydrogen-bond acceptors (Lipinski definition) is 4. The summed E-state index contributed by atoms with van der Waals surface area (Å²) in [6.45, 7) is 10.7. The maximum Gasteiger partial charge on any atom is 0.306 e. The molecule has 0 amide bonds. The van der Waals surface area contributed by atoms with Crippen LogP contribution in [-0.2, 0) is 14.3 Å². The van der Waals surface area contributed by atoms with E-state index in [1.54, 1.807) is 0 Å². The van der Waals surface area contributed by atoms with Gasteiger partial charge in [-0.05, 0) is 37.1 Å². The smallest absolute Gasteiger partial charge is 0.306 e. The van der Waals surface area contributed by atoms with Crippen LogP contribution in [0.15, 0.2) is 0 Å². The summed E-state index contributed by atoms with van der Waals surface area (Å²) in [6.07, 6.45) is 2.43. The van der Waals surface area contributed by atoms with Crippen molar-refractivity contribution in [2.45, 2.75) is 47.0 Å². The Hall–Kier alpha value is -0.610. The highest BCUT2D eigenvalue weighted by molar-refractivity contribution is 5.69. The Kier molecular flexibility index (Phi) is 10.9. The summed E-state index contributed by atoms with van der Waals surface area (Å²) in [7, 11) is 0. The fourth-order valence-corrected chi connectivity index (χ4v) is 1.86. The zero-order valence-electron chi connectivity index (χ0n) is 13.0. The van der Waals surface area contributed by atoms with Crippen LogP contribution in [0, 0.1) is 17.8 Å².